The number of amides is 1. The lowest BCUT2D eigenvalue weighted by Gasteiger charge is -2.19. The van der Waals surface area contributed by atoms with Crippen molar-refractivity contribution in [3.63, 3.8) is 0 Å². The number of alkyl halides is 3. The summed E-state index contributed by atoms with van der Waals surface area (Å²) in [5.74, 6) is -1.91. The Bertz CT molecular complexity index is 505. The van der Waals surface area contributed by atoms with Crippen LogP contribution in [0.25, 0.3) is 0 Å². The molecule has 3 nitrogen and oxygen atoms in total. The van der Waals surface area contributed by atoms with Crippen molar-refractivity contribution < 1.29 is 22.4 Å². The molecule has 1 aliphatic rings. The first-order valence-electron chi connectivity index (χ1n) is 5.74. The molecule has 1 aromatic carbocycles. The Kier molecular flexibility index (Phi) is 5.35. The fraction of sp³-hybridized carbons (Fsp3) is 0.417. The first-order valence-corrected chi connectivity index (χ1v) is 5.74. The highest BCUT2D eigenvalue weighted by Gasteiger charge is 2.31. The van der Waals surface area contributed by atoms with Gasteiger partial charge in [-0.3, -0.25) is 4.79 Å². The van der Waals surface area contributed by atoms with Crippen molar-refractivity contribution in [2.45, 2.75) is 25.6 Å². The Hall–Kier alpha value is -1.34. The molecule has 2 N–H and O–H groups in total. The molecule has 0 bridgehead atoms. The predicted octanol–water partition coefficient (Wildman–Crippen LogP) is 2.78. The van der Waals surface area contributed by atoms with Gasteiger partial charge in [0.05, 0.1) is 5.69 Å². The van der Waals surface area contributed by atoms with Crippen LogP contribution < -0.4 is 10.6 Å². The second-order valence-electron chi connectivity index (χ2n) is 4.33. The van der Waals surface area contributed by atoms with Crippen LogP contribution in [0, 0.1) is 5.82 Å². The van der Waals surface area contributed by atoms with E-state index < -0.39 is 24.3 Å². The van der Waals surface area contributed by atoms with Gasteiger partial charge in [0.2, 0.25) is 5.91 Å². The van der Waals surface area contributed by atoms with Gasteiger partial charge < -0.3 is 10.6 Å². The summed E-state index contributed by atoms with van der Waals surface area (Å²) in [5, 5.41) is 5.02. The highest BCUT2D eigenvalue weighted by atomic mass is 35.5. The summed E-state index contributed by atoms with van der Waals surface area (Å²) in [5.41, 5.74) is 1.01. The zero-order valence-corrected chi connectivity index (χ0v) is 11.1. The van der Waals surface area contributed by atoms with Crippen LogP contribution in [0.5, 0.6) is 0 Å². The van der Waals surface area contributed by atoms with E-state index in [2.05, 4.69) is 5.32 Å². The van der Waals surface area contributed by atoms with E-state index in [1.807, 2.05) is 5.32 Å². The number of hydrogen-bond donors (Lipinski definition) is 2. The number of nitrogens with one attached hydrogen (secondary N) is 2. The van der Waals surface area contributed by atoms with Crippen LogP contribution in [-0.2, 0) is 17.8 Å². The monoisotopic (exact) mass is 312 g/mol. The molecule has 112 valence electrons. The molecule has 0 radical (unpaired) electrons. The smallest absolute Gasteiger partial charge is 0.323 e. The first kappa shape index (κ1) is 16.7. The lowest BCUT2D eigenvalue weighted by atomic mass is 9.99. The van der Waals surface area contributed by atoms with Gasteiger partial charge in [-0.15, -0.1) is 12.4 Å². The molecule has 1 heterocycles. The summed E-state index contributed by atoms with van der Waals surface area (Å²) in [6, 6.07) is 2.89. The Balaban J connectivity index is 0.00000200. The number of halogens is 5. The molecule has 20 heavy (non-hydrogen) atoms. The van der Waals surface area contributed by atoms with Crippen LogP contribution in [0.3, 0.4) is 0 Å². The average molecular weight is 313 g/mol. The van der Waals surface area contributed by atoms with Crippen LogP contribution in [0.15, 0.2) is 12.1 Å². The molecule has 0 spiro atoms. The molecule has 1 amide bonds. The van der Waals surface area contributed by atoms with Crippen LogP contribution >= 0.6 is 12.4 Å². The van der Waals surface area contributed by atoms with Gasteiger partial charge in [-0.05, 0) is 30.2 Å². The molecular weight excluding hydrogens is 300 g/mol. The van der Waals surface area contributed by atoms with Gasteiger partial charge in [-0.1, -0.05) is 6.07 Å². The van der Waals surface area contributed by atoms with Crippen molar-refractivity contribution in [3.05, 3.63) is 29.1 Å². The van der Waals surface area contributed by atoms with Crippen molar-refractivity contribution in [3.8, 4) is 0 Å². The van der Waals surface area contributed by atoms with Crippen molar-refractivity contribution in [2.24, 2.45) is 0 Å². The van der Waals surface area contributed by atoms with E-state index in [9.17, 15) is 22.4 Å². The summed E-state index contributed by atoms with van der Waals surface area (Å²) in [6.45, 7) is 1.12. The van der Waals surface area contributed by atoms with Crippen molar-refractivity contribution in [1.29, 1.82) is 0 Å². The van der Waals surface area contributed by atoms with Gasteiger partial charge in [0.15, 0.2) is 0 Å². The maximum absolute atomic E-state index is 14.0. The largest absolute Gasteiger partial charge is 0.397 e. The number of carbonyl (C=O) groups excluding carboxylic acids is 1. The van der Waals surface area contributed by atoms with Gasteiger partial charge in [-0.25, -0.2) is 4.39 Å². The molecule has 1 aliphatic heterocycles. The lowest BCUT2D eigenvalue weighted by molar-refractivity contribution is -0.150. The fourth-order valence-corrected chi connectivity index (χ4v) is 2.01. The van der Waals surface area contributed by atoms with Gasteiger partial charge in [-0.2, -0.15) is 13.2 Å². The summed E-state index contributed by atoms with van der Waals surface area (Å²) in [7, 11) is 0. The third-order valence-corrected chi connectivity index (χ3v) is 2.84. The predicted molar refractivity (Wildman–Crippen MR) is 68.4 cm³/mol. The van der Waals surface area contributed by atoms with Gasteiger partial charge >= 0.3 is 6.18 Å². The van der Waals surface area contributed by atoms with Gasteiger partial charge in [0, 0.05) is 6.54 Å². The van der Waals surface area contributed by atoms with Crippen LogP contribution in [0.4, 0.5) is 23.2 Å². The van der Waals surface area contributed by atoms with Crippen molar-refractivity contribution in [1.82, 2.24) is 5.32 Å². The third kappa shape index (κ3) is 4.08. The molecule has 0 saturated heterocycles. The number of benzene rings is 1. The third-order valence-electron chi connectivity index (χ3n) is 2.84. The van der Waals surface area contributed by atoms with E-state index in [-0.39, 0.29) is 18.1 Å². The summed E-state index contributed by atoms with van der Waals surface area (Å²) < 4.78 is 50.1. The van der Waals surface area contributed by atoms with E-state index in [4.69, 9.17) is 0 Å². The summed E-state index contributed by atoms with van der Waals surface area (Å²) >= 11 is 0. The zero-order chi connectivity index (χ0) is 14.0. The number of rotatable bonds is 2. The topological polar surface area (TPSA) is 41.1 Å². The highest BCUT2D eigenvalue weighted by molar-refractivity contribution is 5.91. The quantitative estimate of drug-likeness (QED) is 0.825. The molecule has 0 atom stereocenters. The van der Waals surface area contributed by atoms with Crippen molar-refractivity contribution in [2.75, 3.05) is 11.9 Å². The second kappa shape index (κ2) is 6.41. The normalized spacial score (nSPS) is 14.2. The van der Waals surface area contributed by atoms with E-state index in [1.165, 1.54) is 6.07 Å². The van der Waals surface area contributed by atoms with E-state index in [1.54, 1.807) is 6.07 Å². The highest BCUT2D eigenvalue weighted by Crippen LogP contribution is 2.26. The van der Waals surface area contributed by atoms with Crippen LogP contribution in [0.1, 0.15) is 17.5 Å². The average Bonchev–Trinajstić information content (AvgIpc) is 2.31. The number of carbonyl (C=O) groups is 1. The Morgan fingerprint density at radius 1 is 1.35 bits per heavy atom. The van der Waals surface area contributed by atoms with Gasteiger partial charge in [0.1, 0.15) is 12.2 Å². The fourth-order valence-electron chi connectivity index (χ4n) is 2.01. The minimum absolute atomic E-state index is 0. The maximum atomic E-state index is 14.0. The summed E-state index contributed by atoms with van der Waals surface area (Å²) in [4.78, 5) is 11.1. The molecule has 1 aromatic rings. The van der Waals surface area contributed by atoms with E-state index in [0.29, 0.717) is 25.1 Å². The molecule has 0 aliphatic carbocycles. The van der Waals surface area contributed by atoms with E-state index >= 15 is 0 Å². The number of anilines is 1. The molecule has 8 heteroatoms. The summed E-state index contributed by atoms with van der Waals surface area (Å²) in [6.07, 6.45) is -5.77. The molecule has 0 fully saturated rings. The number of fused-ring (bicyclic) bond motifs is 1. The molecular formula is C12H13ClF4N2O. The Labute approximate surface area is 119 Å². The lowest BCUT2D eigenvalue weighted by Crippen LogP contribution is -2.26. The minimum atomic E-state index is -4.60. The Morgan fingerprint density at radius 2 is 2.05 bits per heavy atom. The van der Waals surface area contributed by atoms with E-state index in [0.717, 1.165) is 5.56 Å². The van der Waals surface area contributed by atoms with Crippen LogP contribution in [-0.4, -0.2) is 18.6 Å². The molecule has 0 unspecified atom stereocenters. The molecule has 0 aromatic heterocycles. The number of hydrogen-bond acceptors (Lipinski definition) is 2. The minimum Gasteiger partial charge on any atom is -0.323 e. The first-order chi connectivity index (χ1) is 8.87. The van der Waals surface area contributed by atoms with Crippen LogP contribution in [0.2, 0.25) is 0 Å². The maximum Gasteiger partial charge on any atom is 0.397 e. The van der Waals surface area contributed by atoms with Crippen molar-refractivity contribution >= 4 is 24.0 Å². The zero-order valence-electron chi connectivity index (χ0n) is 10.3. The second-order valence-corrected chi connectivity index (χ2v) is 4.33. The standard InChI is InChI=1S/C12H12F4N2O.ClH/c13-11-8-3-4-17-6-7(8)1-2-9(11)18-10(19)5-12(14,15)16;/h1-2,17H,3-6H2,(H,18,19);1H. The SMILES string of the molecule is Cl.O=C(CC(F)(F)F)Nc1ccc2c(c1F)CCNC2. The molecule has 2 rings (SSSR count). The Morgan fingerprint density at radius 3 is 2.70 bits per heavy atom. The molecule has 0 saturated carbocycles. The van der Waals surface area contributed by atoms with Gasteiger partial charge in [0.25, 0.3) is 0 Å².